The molecule has 4 heterocycles. The van der Waals surface area contributed by atoms with Gasteiger partial charge in [0.2, 0.25) is 5.91 Å². The van der Waals surface area contributed by atoms with Crippen LogP contribution in [0.15, 0.2) is 45.9 Å². The molecule has 0 saturated carbocycles. The molecule has 1 aliphatic carbocycles. The number of piperidine rings is 1. The number of rotatable bonds is 5. The van der Waals surface area contributed by atoms with Crippen molar-refractivity contribution in [1.29, 1.82) is 0 Å². The van der Waals surface area contributed by atoms with Gasteiger partial charge in [-0.25, -0.2) is 8.93 Å². The van der Waals surface area contributed by atoms with Gasteiger partial charge in [0.25, 0.3) is 0 Å². The molecule has 0 radical (unpaired) electrons. The molecule has 9 heteroatoms. The van der Waals surface area contributed by atoms with Gasteiger partial charge in [0.1, 0.15) is 15.2 Å². The number of allylic oxidation sites excluding steroid dienone is 2. The highest BCUT2D eigenvalue weighted by Gasteiger charge is 2.33. The maximum absolute atomic E-state index is 13.1. The van der Waals surface area contributed by atoms with Crippen LogP contribution in [-0.2, 0) is 15.8 Å². The number of carbonyl (C=O) groups excluding carboxylic acids is 1. The third kappa shape index (κ3) is 5.24. The third-order valence-electron chi connectivity index (χ3n) is 6.49. The van der Waals surface area contributed by atoms with E-state index in [2.05, 4.69) is 14.6 Å². The van der Waals surface area contributed by atoms with E-state index < -0.39 is 11.0 Å². The van der Waals surface area contributed by atoms with Crippen LogP contribution in [0.2, 0.25) is 0 Å². The standard InChI is InChI=1S/C24H27ClN4O2S2/c25-19-2-1-3-22-18(14-19)15-23(32-22)33(31)27-20-8-13-29(16-20)24(30)17-6-11-28(12-7-17)21-4-9-26-10-5-21/h1,3-5,9-10,14-15,17,20,27H,2,6-8,11-13,16H2. The zero-order chi connectivity index (χ0) is 22.8. The molecular weight excluding hydrogens is 476 g/mol. The number of amides is 1. The minimum Gasteiger partial charge on any atom is -0.371 e. The van der Waals surface area contributed by atoms with E-state index in [1.165, 1.54) is 17.0 Å². The molecule has 2 aliphatic heterocycles. The summed E-state index contributed by atoms with van der Waals surface area (Å²) in [6.07, 6.45) is 12.9. The molecule has 6 nitrogen and oxygen atoms in total. The van der Waals surface area contributed by atoms with Crippen LogP contribution in [0.1, 0.15) is 36.1 Å². The number of hydrogen-bond donors (Lipinski definition) is 1. The van der Waals surface area contributed by atoms with Gasteiger partial charge in [0.15, 0.2) is 0 Å². The highest BCUT2D eigenvalue weighted by molar-refractivity contribution is 7.85. The van der Waals surface area contributed by atoms with Crippen molar-refractivity contribution in [2.24, 2.45) is 5.92 Å². The lowest BCUT2D eigenvalue weighted by molar-refractivity contribution is -0.135. The molecule has 2 aromatic rings. The molecule has 33 heavy (non-hydrogen) atoms. The number of pyridine rings is 1. The van der Waals surface area contributed by atoms with Crippen molar-refractivity contribution in [3.63, 3.8) is 0 Å². The molecule has 5 rings (SSSR count). The average Bonchev–Trinajstić information content (AvgIpc) is 3.42. The monoisotopic (exact) mass is 502 g/mol. The number of thiophene rings is 1. The number of hydrogen-bond acceptors (Lipinski definition) is 5. The Morgan fingerprint density at radius 2 is 1.97 bits per heavy atom. The fourth-order valence-corrected chi connectivity index (χ4v) is 7.27. The van der Waals surface area contributed by atoms with Crippen LogP contribution in [0.25, 0.3) is 12.2 Å². The summed E-state index contributed by atoms with van der Waals surface area (Å²) in [7, 11) is -1.30. The first kappa shape index (κ1) is 22.8. The van der Waals surface area contributed by atoms with Gasteiger partial charge in [-0.2, -0.15) is 0 Å². The highest BCUT2D eigenvalue weighted by Crippen LogP contribution is 2.32. The molecule has 2 atom stereocenters. The molecular formula is C24H27ClN4O2S2. The summed E-state index contributed by atoms with van der Waals surface area (Å²) in [6, 6.07) is 6.04. The Bertz CT molecular complexity index is 1090. The Morgan fingerprint density at radius 1 is 1.18 bits per heavy atom. The van der Waals surface area contributed by atoms with E-state index >= 15 is 0 Å². The van der Waals surface area contributed by atoms with Crippen molar-refractivity contribution in [3.05, 3.63) is 52.1 Å². The lowest BCUT2D eigenvalue weighted by Gasteiger charge is -2.34. The van der Waals surface area contributed by atoms with Crippen LogP contribution in [0.4, 0.5) is 5.69 Å². The summed E-state index contributed by atoms with van der Waals surface area (Å²) >= 11 is 7.73. The van der Waals surface area contributed by atoms with Crippen LogP contribution in [0.5, 0.6) is 0 Å². The van der Waals surface area contributed by atoms with Crippen LogP contribution >= 0.6 is 22.9 Å². The summed E-state index contributed by atoms with van der Waals surface area (Å²) in [5.74, 6) is 0.316. The number of nitrogens with zero attached hydrogens (tertiary/aromatic N) is 3. The Morgan fingerprint density at radius 3 is 2.76 bits per heavy atom. The quantitative estimate of drug-likeness (QED) is 0.663. The lowest BCUT2D eigenvalue weighted by atomic mass is 9.95. The van der Waals surface area contributed by atoms with Crippen molar-refractivity contribution >= 4 is 57.7 Å². The molecule has 0 aromatic carbocycles. The number of halogens is 1. The molecule has 3 aliphatic rings. The van der Waals surface area contributed by atoms with Crippen LogP contribution in [0.3, 0.4) is 0 Å². The molecule has 2 fully saturated rings. The fraction of sp³-hybridized carbons (Fsp3) is 0.417. The molecule has 2 aromatic heterocycles. The average molecular weight is 503 g/mol. The number of carbonyl (C=O) groups is 1. The second-order valence-electron chi connectivity index (χ2n) is 8.71. The van der Waals surface area contributed by atoms with E-state index in [1.807, 2.05) is 53.7 Å². The molecule has 1 amide bonds. The minimum atomic E-state index is -1.30. The molecule has 1 N–H and O–H groups in total. The maximum Gasteiger partial charge on any atom is 0.225 e. The lowest BCUT2D eigenvalue weighted by Crippen LogP contribution is -2.43. The van der Waals surface area contributed by atoms with E-state index in [0.29, 0.717) is 6.54 Å². The van der Waals surface area contributed by atoms with Crippen molar-refractivity contribution < 1.29 is 9.00 Å². The number of fused-ring (bicyclic) bond motifs is 1. The molecule has 0 bridgehead atoms. The van der Waals surface area contributed by atoms with E-state index in [9.17, 15) is 9.00 Å². The smallest absolute Gasteiger partial charge is 0.225 e. The number of nitrogens with one attached hydrogen (secondary N) is 1. The van der Waals surface area contributed by atoms with Gasteiger partial charge in [0.05, 0.1) is 0 Å². The van der Waals surface area contributed by atoms with Gasteiger partial charge >= 0.3 is 0 Å². The second-order valence-corrected chi connectivity index (χ2v) is 11.7. The van der Waals surface area contributed by atoms with Gasteiger partial charge in [-0.3, -0.25) is 9.78 Å². The first-order chi connectivity index (χ1) is 16.1. The molecule has 174 valence electrons. The van der Waals surface area contributed by atoms with Gasteiger partial charge in [-0.15, -0.1) is 11.3 Å². The summed E-state index contributed by atoms with van der Waals surface area (Å²) in [5, 5.41) is 0.782. The summed E-state index contributed by atoms with van der Waals surface area (Å²) in [6.45, 7) is 3.11. The Labute approximate surface area is 205 Å². The maximum atomic E-state index is 13.1. The Kier molecular flexibility index (Phi) is 6.97. The zero-order valence-corrected chi connectivity index (χ0v) is 20.7. The number of likely N-dealkylation sites (tertiary alicyclic amines) is 1. The zero-order valence-electron chi connectivity index (χ0n) is 18.3. The first-order valence-corrected chi connectivity index (χ1v) is 13.7. The highest BCUT2D eigenvalue weighted by atomic mass is 35.5. The van der Waals surface area contributed by atoms with E-state index in [0.717, 1.165) is 65.0 Å². The van der Waals surface area contributed by atoms with E-state index in [4.69, 9.17) is 11.6 Å². The fourth-order valence-electron chi connectivity index (χ4n) is 4.70. The van der Waals surface area contributed by atoms with Crippen LogP contribution < -0.4 is 9.62 Å². The van der Waals surface area contributed by atoms with E-state index in [1.54, 1.807) is 0 Å². The van der Waals surface area contributed by atoms with Gasteiger partial charge < -0.3 is 9.80 Å². The van der Waals surface area contributed by atoms with Crippen LogP contribution in [-0.4, -0.2) is 52.2 Å². The summed E-state index contributed by atoms with van der Waals surface area (Å²) < 4.78 is 17.0. The van der Waals surface area contributed by atoms with Gasteiger partial charge in [-0.05, 0) is 55.2 Å². The summed E-state index contributed by atoms with van der Waals surface area (Å²) in [4.78, 5) is 22.5. The van der Waals surface area contributed by atoms with Crippen molar-refractivity contribution in [3.8, 4) is 0 Å². The summed E-state index contributed by atoms with van der Waals surface area (Å²) in [5.41, 5.74) is 2.19. The second kappa shape index (κ2) is 10.1. The van der Waals surface area contributed by atoms with Crippen molar-refractivity contribution in [2.45, 2.75) is 35.9 Å². The topological polar surface area (TPSA) is 65.5 Å². The van der Waals surface area contributed by atoms with Gasteiger partial charge in [-0.1, -0.05) is 17.7 Å². The third-order valence-corrected chi connectivity index (χ3v) is 9.40. The predicted octanol–water partition coefficient (Wildman–Crippen LogP) is 4.27. The SMILES string of the molecule is O=C(C1CCN(c2ccncc2)CC1)N1CCC(NS(=O)c2cc3c(s2)C=CCC(Cl)=C3)C1. The number of anilines is 1. The number of aromatic nitrogens is 1. The first-order valence-electron chi connectivity index (χ1n) is 11.3. The molecule has 2 saturated heterocycles. The van der Waals surface area contributed by atoms with E-state index in [-0.39, 0.29) is 17.9 Å². The molecule has 0 spiro atoms. The Balaban J connectivity index is 1.13. The largest absolute Gasteiger partial charge is 0.371 e. The van der Waals surface area contributed by atoms with Crippen LogP contribution in [0, 0.1) is 5.92 Å². The Hall–Kier alpha value is -2.00. The van der Waals surface area contributed by atoms with Crippen molar-refractivity contribution in [2.75, 3.05) is 31.1 Å². The minimum absolute atomic E-state index is 0.0447. The molecule has 2 unspecified atom stereocenters. The normalized spacial score (nSPS) is 22.1. The van der Waals surface area contributed by atoms with Crippen molar-refractivity contribution in [1.82, 2.24) is 14.6 Å². The predicted molar refractivity (Wildman–Crippen MR) is 136 cm³/mol. The van der Waals surface area contributed by atoms with Gasteiger partial charge in [0, 0.05) is 72.6 Å².